The molecule has 0 radical (unpaired) electrons. The van der Waals surface area contributed by atoms with Gasteiger partial charge in [0.1, 0.15) is 0 Å². The third kappa shape index (κ3) is 2.10. The Morgan fingerprint density at radius 1 is 0.875 bits per heavy atom. The van der Waals surface area contributed by atoms with Crippen molar-refractivity contribution in [3.8, 4) is 0 Å². The average molecular weight is 335 g/mol. The first-order valence-electron chi connectivity index (χ1n) is 9.51. The number of rotatable bonds is 2. The summed E-state index contributed by atoms with van der Waals surface area (Å²) in [6.45, 7) is 14.7. The Balaban J connectivity index is 1.78. The first kappa shape index (κ1) is 16.1. The lowest BCUT2D eigenvalue weighted by molar-refractivity contribution is 0.911. The highest BCUT2D eigenvalue weighted by atomic mass is 28.3. The fourth-order valence-corrected chi connectivity index (χ4v) is 10.3. The van der Waals surface area contributed by atoms with Gasteiger partial charge in [-0.05, 0) is 91.4 Å². The van der Waals surface area contributed by atoms with Gasteiger partial charge in [0, 0.05) is 0 Å². The molecule has 1 heteroatoms. The van der Waals surface area contributed by atoms with Gasteiger partial charge < -0.3 is 0 Å². The molecule has 1 aromatic rings. The van der Waals surface area contributed by atoms with Crippen LogP contribution in [0.2, 0.25) is 18.6 Å². The average Bonchev–Trinajstić information content (AvgIpc) is 3.20. The van der Waals surface area contributed by atoms with Crippen LogP contribution in [0.3, 0.4) is 0 Å². The molecule has 0 aromatic heterocycles. The summed E-state index contributed by atoms with van der Waals surface area (Å²) in [5.41, 5.74) is 14.1. The summed E-state index contributed by atoms with van der Waals surface area (Å²) in [5.74, 6) is 0. The SMILES string of the molecule is CC1=C(C)C([Si](C)(C)C2C=Cc3cc4c(cc32)CCC4)C(C)=C1C. The lowest BCUT2D eigenvalue weighted by Gasteiger charge is -2.38. The van der Waals surface area contributed by atoms with E-state index >= 15 is 0 Å². The van der Waals surface area contributed by atoms with Crippen LogP contribution in [0.5, 0.6) is 0 Å². The fraction of sp³-hybridized carbons (Fsp3) is 0.478. The molecular formula is C23H30Si. The lowest BCUT2D eigenvalue weighted by atomic mass is 10.0. The van der Waals surface area contributed by atoms with Crippen LogP contribution in [0.15, 0.2) is 40.5 Å². The minimum Gasteiger partial charge on any atom is -0.0791 e. The fourth-order valence-electron chi connectivity index (χ4n) is 5.67. The molecule has 0 saturated heterocycles. The van der Waals surface area contributed by atoms with E-state index in [1.54, 1.807) is 39.0 Å². The summed E-state index contributed by atoms with van der Waals surface area (Å²) >= 11 is 0. The van der Waals surface area contributed by atoms with Gasteiger partial charge in [0.05, 0.1) is 8.07 Å². The van der Waals surface area contributed by atoms with Crippen LogP contribution in [0.25, 0.3) is 6.08 Å². The smallest absolute Gasteiger partial charge is 0.0714 e. The molecule has 0 bridgehead atoms. The maximum atomic E-state index is 2.62. The van der Waals surface area contributed by atoms with E-state index in [4.69, 9.17) is 0 Å². The van der Waals surface area contributed by atoms with Crippen molar-refractivity contribution in [3.63, 3.8) is 0 Å². The van der Waals surface area contributed by atoms with Crippen LogP contribution in [0, 0.1) is 0 Å². The maximum Gasteiger partial charge on any atom is 0.0714 e. The van der Waals surface area contributed by atoms with Gasteiger partial charge in [-0.25, -0.2) is 0 Å². The van der Waals surface area contributed by atoms with Crippen molar-refractivity contribution in [2.75, 3.05) is 0 Å². The van der Waals surface area contributed by atoms with Crippen LogP contribution in [0.1, 0.15) is 61.9 Å². The van der Waals surface area contributed by atoms with E-state index in [0.29, 0.717) is 11.1 Å². The van der Waals surface area contributed by atoms with Crippen LogP contribution in [-0.2, 0) is 12.8 Å². The molecule has 0 N–H and O–H groups in total. The molecule has 1 atom stereocenters. The summed E-state index contributed by atoms with van der Waals surface area (Å²) in [4.78, 5) is 0. The zero-order valence-electron chi connectivity index (χ0n) is 16.1. The lowest BCUT2D eigenvalue weighted by Crippen LogP contribution is -2.39. The van der Waals surface area contributed by atoms with Gasteiger partial charge in [-0.15, -0.1) is 0 Å². The van der Waals surface area contributed by atoms with Gasteiger partial charge >= 0.3 is 0 Å². The summed E-state index contributed by atoms with van der Waals surface area (Å²) < 4.78 is 0. The van der Waals surface area contributed by atoms with Crippen molar-refractivity contribution in [1.29, 1.82) is 0 Å². The molecule has 0 fully saturated rings. The van der Waals surface area contributed by atoms with Gasteiger partial charge in [-0.1, -0.05) is 48.5 Å². The van der Waals surface area contributed by atoms with Crippen molar-refractivity contribution >= 4 is 14.1 Å². The van der Waals surface area contributed by atoms with Gasteiger partial charge in [0.2, 0.25) is 0 Å². The topological polar surface area (TPSA) is 0 Å². The minimum atomic E-state index is -1.53. The summed E-state index contributed by atoms with van der Waals surface area (Å²) in [5, 5.41) is 0. The third-order valence-corrected chi connectivity index (χ3v) is 11.7. The van der Waals surface area contributed by atoms with Gasteiger partial charge in [-0.2, -0.15) is 0 Å². The highest BCUT2D eigenvalue weighted by Crippen LogP contribution is 2.53. The number of hydrogen-bond acceptors (Lipinski definition) is 0. The molecule has 0 saturated carbocycles. The Hall–Kier alpha value is -1.34. The van der Waals surface area contributed by atoms with E-state index < -0.39 is 8.07 Å². The maximum absolute atomic E-state index is 2.62. The predicted molar refractivity (Wildman–Crippen MR) is 108 cm³/mol. The molecule has 1 unspecified atom stereocenters. The van der Waals surface area contributed by atoms with Crippen molar-refractivity contribution in [3.05, 3.63) is 62.8 Å². The monoisotopic (exact) mass is 334 g/mol. The highest BCUT2D eigenvalue weighted by Gasteiger charge is 2.45. The van der Waals surface area contributed by atoms with E-state index in [1.165, 1.54) is 24.8 Å². The minimum absolute atomic E-state index is 0.659. The summed E-state index contributed by atoms with van der Waals surface area (Å²) in [6, 6.07) is 5.07. The number of benzene rings is 1. The van der Waals surface area contributed by atoms with Crippen LogP contribution in [-0.4, -0.2) is 8.07 Å². The Morgan fingerprint density at radius 3 is 2.08 bits per heavy atom. The first-order chi connectivity index (χ1) is 11.3. The normalized spacial score (nSPS) is 23.5. The molecule has 24 heavy (non-hydrogen) atoms. The molecule has 0 aliphatic heterocycles. The van der Waals surface area contributed by atoms with Crippen molar-refractivity contribution < 1.29 is 0 Å². The van der Waals surface area contributed by atoms with E-state index in [2.05, 4.69) is 65.1 Å². The van der Waals surface area contributed by atoms with Crippen molar-refractivity contribution in [2.24, 2.45) is 0 Å². The second kappa shape index (κ2) is 5.33. The highest BCUT2D eigenvalue weighted by molar-refractivity contribution is 6.82. The molecule has 0 heterocycles. The molecule has 3 aliphatic rings. The second-order valence-electron chi connectivity index (χ2n) is 8.81. The van der Waals surface area contributed by atoms with Gasteiger partial charge in [0.25, 0.3) is 0 Å². The van der Waals surface area contributed by atoms with E-state index in [9.17, 15) is 0 Å². The van der Waals surface area contributed by atoms with E-state index in [1.807, 2.05) is 0 Å². The predicted octanol–water partition coefficient (Wildman–Crippen LogP) is 6.59. The number of allylic oxidation sites excluding steroid dienone is 5. The van der Waals surface area contributed by atoms with E-state index in [-0.39, 0.29) is 0 Å². The summed E-state index contributed by atoms with van der Waals surface area (Å²) in [7, 11) is -1.53. The Bertz CT molecular complexity index is 793. The van der Waals surface area contributed by atoms with Crippen molar-refractivity contribution in [1.82, 2.24) is 0 Å². The molecular weight excluding hydrogens is 304 g/mol. The standard InChI is InChI=1S/C23H30Si/c1-14-15(2)17(4)23(16(14)3)24(5,6)22-11-10-20-12-18-8-7-9-19(18)13-21(20)22/h10-13,22-23H,7-9H2,1-6H3. The van der Waals surface area contributed by atoms with Crippen LogP contribution in [0.4, 0.5) is 0 Å². The molecule has 0 spiro atoms. The molecule has 0 amide bonds. The molecule has 4 rings (SSSR count). The molecule has 3 aliphatic carbocycles. The first-order valence-corrected chi connectivity index (χ1v) is 12.7. The van der Waals surface area contributed by atoms with Gasteiger partial charge in [-0.3, -0.25) is 0 Å². The Kier molecular flexibility index (Phi) is 3.58. The van der Waals surface area contributed by atoms with Crippen LogP contribution < -0.4 is 0 Å². The number of aryl methyl sites for hydroxylation is 2. The number of hydrogen-bond donors (Lipinski definition) is 0. The molecule has 126 valence electrons. The summed E-state index contributed by atoms with van der Waals surface area (Å²) in [6.07, 6.45) is 8.87. The third-order valence-electron chi connectivity index (χ3n) is 7.26. The van der Waals surface area contributed by atoms with E-state index in [0.717, 1.165) is 0 Å². The molecule has 0 nitrogen and oxygen atoms in total. The quantitative estimate of drug-likeness (QED) is 0.535. The molecule has 1 aromatic carbocycles. The second-order valence-corrected chi connectivity index (χ2v) is 13.7. The zero-order valence-corrected chi connectivity index (χ0v) is 17.1. The number of fused-ring (bicyclic) bond motifs is 2. The zero-order chi connectivity index (χ0) is 17.2. The van der Waals surface area contributed by atoms with Crippen LogP contribution >= 0.6 is 0 Å². The Morgan fingerprint density at radius 2 is 1.46 bits per heavy atom. The van der Waals surface area contributed by atoms with Crippen molar-refractivity contribution in [2.45, 2.75) is 71.1 Å². The van der Waals surface area contributed by atoms with Gasteiger partial charge in [0.15, 0.2) is 0 Å². The largest absolute Gasteiger partial charge is 0.0791 e. The Labute approximate surface area is 148 Å².